The van der Waals surface area contributed by atoms with Gasteiger partial charge in [0.2, 0.25) is 0 Å². The Kier molecular flexibility index (Phi) is 8.20. The van der Waals surface area contributed by atoms with Gasteiger partial charge in [0.1, 0.15) is 6.54 Å². The van der Waals surface area contributed by atoms with Gasteiger partial charge in [-0.15, -0.1) is 0 Å². The van der Waals surface area contributed by atoms with Gasteiger partial charge in [0.05, 0.1) is 13.1 Å². The van der Waals surface area contributed by atoms with E-state index in [9.17, 15) is 9.59 Å². The van der Waals surface area contributed by atoms with Crippen molar-refractivity contribution < 1.29 is 14.5 Å². The largest absolute Gasteiger partial charge is 0.355 e. The zero-order valence-electron chi connectivity index (χ0n) is 17.3. The van der Waals surface area contributed by atoms with Crippen LogP contribution in [0.25, 0.3) is 0 Å². The summed E-state index contributed by atoms with van der Waals surface area (Å²) < 4.78 is 0. The summed E-state index contributed by atoms with van der Waals surface area (Å²) in [5.74, 6) is 0.451. The van der Waals surface area contributed by atoms with Crippen molar-refractivity contribution in [3.63, 3.8) is 0 Å². The normalized spacial score (nSPS) is 13.0. The lowest BCUT2D eigenvalue weighted by atomic mass is 9.97. The summed E-state index contributed by atoms with van der Waals surface area (Å²) in [6.07, 6.45) is 0.912. The second kappa shape index (κ2) is 10.6. The molecule has 0 heterocycles. The molecule has 0 bridgehead atoms. The van der Waals surface area contributed by atoms with Crippen LogP contribution in [0.1, 0.15) is 47.8 Å². The second-order valence-corrected chi connectivity index (χ2v) is 7.75. The first-order valence-corrected chi connectivity index (χ1v) is 9.85. The Hall–Kier alpha value is -2.66. The van der Waals surface area contributed by atoms with Crippen molar-refractivity contribution in [1.82, 2.24) is 10.6 Å². The Labute approximate surface area is 168 Å². The lowest BCUT2D eigenvalue weighted by Gasteiger charge is -2.22. The number of hydrogen-bond acceptors (Lipinski definition) is 2. The molecule has 2 aromatic rings. The van der Waals surface area contributed by atoms with E-state index in [0.717, 1.165) is 29.0 Å². The fourth-order valence-electron chi connectivity index (χ4n) is 3.28. The highest BCUT2D eigenvalue weighted by Crippen LogP contribution is 2.20. The van der Waals surface area contributed by atoms with Gasteiger partial charge < -0.3 is 15.5 Å². The van der Waals surface area contributed by atoms with Crippen LogP contribution >= 0.6 is 0 Å². The van der Waals surface area contributed by atoms with Crippen molar-refractivity contribution in [2.24, 2.45) is 5.92 Å². The van der Waals surface area contributed by atoms with Crippen LogP contribution in [0.5, 0.6) is 0 Å². The number of hydrogen-bond donors (Lipinski definition) is 3. The van der Waals surface area contributed by atoms with Gasteiger partial charge in [0, 0.05) is 18.2 Å². The molecule has 0 aliphatic heterocycles. The van der Waals surface area contributed by atoms with Crippen molar-refractivity contribution in [2.45, 2.75) is 32.9 Å². The zero-order valence-corrected chi connectivity index (χ0v) is 17.3. The summed E-state index contributed by atoms with van der Waals surface area (Å²) in [7, 11) is 3.63. The third kappa shape index (κ3) is 6.82. The summed E-state index contributed by atoms with van der Waals surface area (Å²) in [5.41, 5.74) is 2.88. The zero-order chi connectivity index (χ0) is 20.5. The molecule has 2 aromatic carbocycles. The number of rotatable bonds is 9. The molecule has 0 aliphatic carbocycles. The Morgan fingerprint density at radius 3 is 2.21 bits per heavy atom. The van der Waals surface area contributed by atoms with E-state index in [4.69, 9.17) is 0 Å². The fourth-order valence-corrected chi connectivity index (χ4v) is 3.28. The van der Waals surface area contributed by atoms with Gasteiger partial charge in [-0.25, -0.2) is 0 Å². The highest BCUT2D eigenvalue weighted by molar-refractivity contribution is 5.93. The van der Waals surface area contributed by atoms with E-state index in [-0.39, 0.29) is 17.9 Å². The number of amides is 2. The molecule has 5 nitrogen and oxygen atoms in total. The van der Waals surface area contributed by atoms with Crippen LogP contribution in [0.15, 0.2) is 54.6 Å². The molecular weight excluding hydrogens is 350 g/mol. The first kappa shape index (κ1) is 21.6. The van der Waals surface area contributed by atoms with E-state index in [0.29, 0.717) is 18.0 Å². The van der Waals surface area contributed by atoms with Crippen molar-refractivity contribution in [3.05, 3.63) is 71.3 Å². The molecule has 5 heteroatoms. The summed E-state index contributed by atoms with van der Waals surface area (Å²) in [6, 6.07) is 17.7. The number of nitrogens with one attached hydrogen (secondary N) is 3. The smallest absolute Gasteiger partial charge is 0.275 e. The van der Waals surface area contributed by atoms with Crippen LogP contribution in [-0.2, 0) is 11.3 Å². The molecule has 0 fully saturated rings. The van der Waals surface area contributed by atoms with Crippen LogP contribution in [0.4, 0.5) is 0 Å². The maximum atomic E-state index is 12.6. The van der Waals surface area contributed by atoms with E-state index >= 15 is 0 Å². The van der Waals surface area contributed by atoms with E-state index < -0.39 is 0 Å². The molecule has 3 N–H and O–H groups in total. The first-order valence-electron chi connectivity index (χ1n) is 9.85. The van der Waals surface area contributed by atoms with Gasteiger partial charge >= 0.3 is 0 Å². The highest BCUT2D eigenvalue weighted by atomic mass is 16.2. The first-order chi connectivity index (χ1) is 13.4. The molecule has 2 amide bonds. The maximum absolute atomic E-state index is 12.6. The van der Waals surface area contributed by atoms with Crippen LogP contribution in [0, 0.1) is 5.92 Å². The standard InChI is InChI=1S/C23H31N3O2/c1-17(2)14-21(19-8-6-5-7-9-19)25-22(27)16-26(4)15-18-10-12-20(13-11-18)23(28)24-3/h5-13,17,21H,14-16H2,1-4H3,(H,24,28)(H,25,27)/p+1/t21-/m0/s1. The molecule has 1 unspecified atom stereocenters. The number of likely N-dealkylation sites (N-methyl/N-ethyl adjacent to an activating group) is 1. The number of benzene rings is 2. The maximum Gasteiger partial charge on any atom is 0.275 e. The summed E-state index contributed by atoms with van der Waals surface area (Å²) in [4.78, 5) is 25.3. The summed E-state index contributed by atoms with van der Waals surface area (Å²) in [5, 5.41) is 5.82. The predicted octanol–water partition coefficient (Wildman–Crippen LogP) is 1.96. The van der Waals surface area contributed by atoms with E-state index in [2.05, 4.69) is 36.6 Å². The van der Waals surface area contributed by atoms with Gasteiger partial charge in [-0.05, 0) is 30.0 Å². The Morgan fingerprint density at radius 1 is 1.00 bits per heavy atom. The molecule has 2 rings (SSSR count). The van der Waals surface area contributed by atoms with E-state index in [1.54, 1.807) is 7.05 Å². The minimum absolute atomic E-state index is 0.0355. The minimum Gasteiger partial charge on any atom is -0.355 e. The van der Waals surface area contributed by atoms with Crippen LogP contribution in [0.2, 0.25) is 0 Å². The monoisotopic (exact) mass is 382 g/mol. The Balaban J connectivity index is 1.92. The minimum atomic E-state index is -0.0938. The predicted molar refractivity (Wildman–Crippen MR) is 112 cm³/mol. The number of carbonyl (C=O) groups is 2. The molecule has 0 saturated heterocycles. The molecule has 0 aliphatic rings. The van der Waals surface area contributed by atoms with Crippen molar-refractivity contribution in [3.8, 4) is 0 Å². The molecule has 0 spiro atoms. The van der Waals surface area contributed by atoms with Crippen molar-refractivity contribution in [2.75, 3.05) is 20.6 Å². The number of carbonyl (C=O) groups excluding carboxylic acids is 2. The van der Waals surface area contributed by atoms with Gasteiger partial charge in [0.15, 0.2) is 6.54 Å². The van der Waals surface area contributed by atoms with E-state index in [1.165, 1.54) is 0 Å². The van der Waals surface area contributed by atoms with Crippen molar-refractivity contribution >= 4 is 11.8 Å². The lowest BCUT2D eigenvalue weighted by Crippen LogP contribution is -3.08. The average molecular weight is 383 g/mol. The third-order valence-corrected chi connectivity index (χ3v) is 4.66. The molecule has 0 radical (unpaired) electrons. The van der Waals surface area contributed by atoms with Crippen LogP contribution in [0.3, 0.4) is 0 Å². The molecule has 150 valence electrons. The van der Waals surface area contributed by atoms with Gasteiger partial charge in [-0.2, -0.15) is 0 Å². The molecule has 0 aromatic heterocycles. The Bertz CT molecular complexity index is 757. The van der Waals surface area contributed by atoms with Gasteiger partial charge in [-0.3, -0.25) is 9.59 Å². The molecule has 0 saturated carbocycles. The highest BCUT2D eigenvalue weighted by Gasteiger charge is 2.18. The third-order valence-electron chi connectivity index (χ3n) is 4.66. The number of quaternary nitrogens is 1. The molecular formula is C23H32N3O2+. The van der Waals surface area contributed by atoms with E-state index in [1.807, 2.05) is 49.5 Å². The van der Waals surface area contributed by atoms with Crippen molar-refractivity contribution in [1.29, 1.82) is 0 Å². The lowest BCUT2D eigenvalue weighted by molar-refractivity contribution is -0.885. The summed E-state index contributed by atoms with van der Waals surface area (Å²) in [6.45, 7) is 5.46. The topological polar surface area (TPSA) is 62.6 Å². The molecule has 2 atom stereocenters. The quantitative estimate of drug-likeness (QED) is 0.621. The Morgan fingerprint density at radius 2 is 1.64 bits per heavy atom. The average Bonchev–Trinajstić information content (AvgIpc) is 2.67. The second-order valence-electron chi connectivity index (χ2n) is 7.75. The van der Waals surface area contributed by atoms with Gasteiger partial charge in [-0.1, -0.05) is 56.3 Å². The van der Waals surface area contributed by atoms with Crippen LogP contribution in [-0.4, -0.2) is 32.5 Å². The fraction of sp³-hybridized carbons (Fsp3) is 0.391. The SMILES string of the molecule is CNC(=O)c1ccc(C[NH+](C)CC(=O)N[C@@H](CC(C)C)c2ccccc2)cc1. The van der Waals surface area contributed by atoms with Gasteiger partial charge in [0.25, 0.3) is 11.8 Å². The summed E-state index contributed by atoms with van der Waals surface area (Å²) >= 11 is 0. The molecule has 28 heavy (non-hydrogen) atoms. The van der Waals surface area contributed by atoms with Crippen LogP contribution < -0.4 is 15.5 Å².